The monoisotopic (exact) mass is 885 g/mol. The number of phenolic OH excluding ortho intramolecular Hbond substituents is 2. The highest BCUT2D eigenvalue weighted by molar-refractivity contribution is 6.31. The van der Waals surface area contributed by atoms with Crippen molar-refractivity contribution in [3.8, 4) is 17.2 Å². The minimum absolute atomic E-state index is 0.0121. The molecule has 7 unspecified atom stereocenters. The number of nitrogens with two attached hydrogens (primary N) is 1. The topological polar surface area (TPSA) is 343 Å². The molecule has 12 N–H and O–H groups in total. The molecule has 5 rings (SSSR count). The van der Waals surface area contributed by atoms with Crippen molar-refractivity contribution in [1.82, 2.24) is 21.3 Å². The predicted molar refractivity (Wildman–Crippen MR) is 217 cm³/mol. The van der Waals surface area contributed by atoms with E-state index >= 15 is 0 Å². The van der Waals surface area contributed by atoms with Crippen LogP contribution >= 0.6 is 0 Å². The first-order valence-corrected chi connectivity index (χ1v) is 20.4. The number of amides is 4. The molecule has 21 nitrogen and oxygen atoms in total. The largest absolute Gasteiger partial charge is 0.507 e. The van der Waals surface area contributed by atoms with E-state index in [1.165, 1.54) is 39.3 Å². The van der Waals surface area contributed by atoms with E-state index in [9.17, 15) is 64.2 Å². The maximum absolute atomic E-state index is 14.0. The van der Waals surface area contributed by atoms with Gasteiger partial charge in [0.15, 0.2) is 17.9 Å². The third-order valence-corrected chi connectivity index (χ3v) is 11.6. The predicted octanol–water partition coefficient (Wildman–Crippen LogP) is -1.98. The SMILES string of the molecule is CN[C@@H](CCC(N)=O)C(=O)NC(CO)C(=O)N[C@@H](CC(C)C)C(=O)NC1CC(OC2CC(O)(C(=O)CO)Cc3c(O)c4c(c(O)c32)C(=O)c2c(OC)cccc2C4=O)OC(C)C1O. The maximum Gasteiger partial charge on any atom is 0.245 e. The number of likely N-dealkylation sites (N-methyl/N-ethyl adjacent to an activating group) is 1. The Bertz CT molecular complexity index is 2150. The number of fused-ring (bicyclic) bond motifs is 3. The second-order valence-electron chi connectivity index (χ2n) is 16.4. The number of aromatic hydroxyl groups is 2. The van der Waals surface area contributed by atoms with Crippen LogP contribution in [0.5, 0.6) is 17.2 Å². The van der Waals surface area contributed by atoms with Crippen molar-refractivity contribution in [3.05, 3.63) is 51.6 Å². The van der Waals surface area contributed by atoms with Gasteiger partial charge in [0.2, 0.25) is 29.4 Å². The fraction of sp³-hybridized carbons (Fsp3) is 0.548. The van der Waals surface area contributed by atoms with Gasteiger partial charge in [0.1, 0.15) is 47.6 Å². The number of ether oxygens (including phenoxy) is 3. The van der Waals surface area contributed by atoms with Crippen molar-refractivity contribution in [2.75, 3.05) is 27.4 Å². The van der Waals surface area contributed by atoms with Crippen LogP contribution in [0, 0.1) is 5.92 Å². The average Bonchev–Trinajstić information content (AvgIpc) is 3.23. The van der Waals surface area contributed by atoms with E-state index in [-0.39, 0.29) is 59.6 Å². The maximum atomic E-state index is 14.0. The Morgan fingerprint density at radius 3 is 2.21 bits per heavy atom. The number of methoxy groups -OCH3 is 1. The molecule has 0 saturated carbocycles. The summed E-state index contributed by atoms with van der Waals surface area (Å²) in [6.07, 6.45) is -7.12. The molecule has 9 atom stereocenters. The van der Waals surface area contributed by atoms with Crippen LogP contribution in [-0.2, 0) is 39.9 Å². The Morgan fingerprint density at radius 1 is 0.952 bits per heavy atom. The smallest absolute Gasteiger partial charge is 0.245 e. The number of carbonyl (C=O) groups excluding carboxylic acids is 7. The second-order valence-corrected chi connectivity index (χ2v) is 16.4. The Labute approximate surface area is 361 Å². The quantitative estimate of drug-likeness (QED) is 0.0617. The average molecular weight is 886 g/mol. The van der Waals surface area contributed by atoms with E-state index in [1.54, 1.807) is 13.8 Å². The molecule has 0 bridgehead atoms. The second kappa shape index (κ2) is 19.9. The van der Waals surface area contributed by atoms with Crippen molar-refractivity contribution in [2.24, 2.45) is 11.7 Å². The normalized spacial score (nSPS) is 24.3. The summed E-state index contributed by atoms with van der Waals surface area (Å²) < 4.78 is 17.5. The highest BCUT2D eigenvalue weighted by Gasteiger charge is 2.50. The number of aliphatic hydroxyl groups excluding tert-OH is 3. The summed E-state index contributed by atoms with van der Waals surface area (Å²) in [7, 11) is 2.74. The molecular weight excluding hydrogens is 830 g/mol. The molecule has 1 aliphatic heterocycles. The first-order valence-electron chi connectivity index (χ1n) is 20.4. The van der Waals surface area contributed by atoms with Gasteiger partial charge in [-0.05, 0) is 38.8 Å². The number of primary amides is 1. The van der Waals surface area contributed by atoms with Gasteiger partial charge in [-0.15, -0.1) is 0 Å². The van der Waals surface area contributed by atoms with Crippen LogP contribution in [-0.4, -0.2) is 147 Å². The van der Waals surface area contributed by atoms with Gasteiger partial charge in [0.25, 0.3) is 0 Å². The van der Waals surface area contributed by atoms with Crippen LogP contribution in [0.15, 0.2) is 18.2 Å². The molecule has 2 aromatic carbocycles. The Balaban J connectivity index is 1.41. The zero-order valence-corrected chi connectivity index (χ0v) is 35.4. The molecule has 2 aliphatic carbocycles. The fourth-order valence-corrected chi connectivity index (χ4v) is 8.28. The molecule has 344 valence electrons. The van der Waals surface area contributed by atoms with E-state index < -0.39 is 144 Å². The number of hydrogen-bond acceptors (Lipinski definition) is 17. The summed E-state index contributed by atoms with van der Waals surface area (Å²) in [6.45, 7) is 3.03. The Hall–Kier alpha value is -5.55. The van der Waals surface area contributed by atoms with E-state index in [4.69, 9.17) is 19.9 Å². The highest BCUT2D eigenvalue weighted by Crippen LogP contribution is 2.52. The van der Waals surface area contributed by atoms with Gasteiger partial charge >= 0.3 is 0 Å². The summed E-state index contributed by atoms with van der Waals surface area (Å²) in [4.78, 5) is 92.2. The minimum Gasteiger partial charge on any atom is -0.507 e. The lowest BCUT2D eigenvalue weighted by molar-refractivity contribution is -0.249. The summed E-state index contributed by atoms with van der Waals surface area (Å²) >= 11 is 0. The Morgan fingerprint density at radius 2 is 1.60 bits per heavy atom. The molecule has 0 aromatic heterocycles. The third kappa shape index (κ3) is 9.99. The standard InChI is InChI=1S/C42H55N5O16/c1-17(2)11-23(46-41(59)24(15-48)47-39(57)21(44-4)9-10-28(43)51)40(58)45-22-12-29(62-18(3)34(22)52)63-26-14-42(60,27(50)16-49)13-20-31(26)38(56)33-32(36(20)54)35(53)19-7-6-8-25(61-5)30(19)37(33)55/h6-8,17-18,21-24,26,29,34,44,48-49,52,54,56,60H,9-16H2,1-5H3,(H2,43,51)(H,45,58)(H,46,59)(H,47,57)/t18?,21-,22?,23-,24?,26?,29?,34?,42?/m0/s1. The lowest BCUT2D eigenvalue weighted by Gasteiger charge is -2.43. The Kier molecular flexibility index (Phi) is 15.3. The molecule has 3 aliphatic rings. The van der Waals surface area contributed by atoms with Gasteiger partial charge in [0, 0.05) is 42.4 Å². The number of benzene rings is 2. The number of rotatable bonds is 18. The molecule has 63 heavy (non-hydrogen) atoms. The lowest BCUT2D eigenvalue weighted by atomic mass is 9.72. The van der Waals surface area contributed by atoms with E-state index in [2.05, 4.69) is 21.3 Å². The molecule has 1 saturated heterocycles. The minimum atomic E-state index is -2.42. The number of carbonyl (C=O) groups is 7. The highest BCUT2D eigenvalue weighted by atomic mass is 16.7. The first-order chi connectivity index (χ1) is 29.7. The molecule has 1 heterocycles. The van der Waals surface area contributed by atoms with Crippen LogP contribution < -0.4 is 31.7 Å². The zero-order valence-electron chi connectivity index (χ0n) is 35.4. The van der Waals surface area contributed by atoms with E-state index in [1.807, 2.05) is 0 Å². The van der Waals surface area contributed by atoms with E-state index in [0.717, 1.165) is 0 Å². The summed E-state index contributed by atoms with van der Waals surface area (Å²) in [5.41, 5.74) is 0.727. The molecule has 0 radical (unpaired) electrons. The third-order valence-electron chi connectivity index (χ3n) is 11.6. The number of Topliss-reactive ketones (excluding diaryl/α,β-unsaturated/α-hetero) is 1. The summed E-state index contributed by atoms with van der Waals surface area (Å²) in [5, 5.41) is 76.5. The van der Waals surface area contributed by atoms with Crippen molar-refractivity contribution < 1.29 is 78.4 Å². The number of phenols is 2. The van der Waals surface area contributed by atoms with Crippen LogP contribution in [0.2, 0.25) is 0 Å². The number of aliphatic hydroxyl groups is 4. The van der Waals surface area contributed by atoms with Crippen molar-refractivity contribution in [1.29, 1.82) is 0 Å². The number of hydrogen-bond donors (Lipinski definition) is 11. The van der Waals surface area contributed by atoms with Crippen LogP contribution in [0.1, 0.15) is 102 Å². The van der Waals surface area contributed by atoms with Gasteiger partial charge in [-0.1, -0.05) is 26.0 Å². The van der Waals surface area contributed by atoms with Gasteiger partial charge in [-0.3, -0.25) is 33.6 Å². The zero-order chi connectivity index (χ0) is 46.7. The molecule has 0 spiro atoms. The first kappa shape index (κ1) is 48.5. The van der Waals surface area contributed by atoms with Crippen molar-refractivity contribution >= 4 is 41.0 Å². The van der Waals surface area contributed by atoms with E-state index in [0.29, 0.717) is 0 Å². The van der Waals surface area contributed by atoms with Crippen LogP contribution in [0.25, 0.3) is 0 Å². The molecule has 21 heteroatoms. The van der Waals surface area contributed by atoms with Crippen molar-refractivity contribution in [2.45, 2.75) is 114 Å². The van der Waals surface area contributed by atoms with Crippen LogP contribution in [0.4, 0.5) is 0 Å². The number of nitrogens with one attached hydrogen (secondary N) is 4. The molecule has 1 fully saturated rings. The van der Waals surface area contributed by atoms with Gasteiger partial charge in [0.05, 0.1) is 54.7 Å². The summed E-state index contributed by atoms with van der Waals surface area (Å²) in [6, 6.07) is -0.618. The fourth-order valence-electron chi connectivity index (χ4n) is 8.28. The molecule has 4 amide bonds. The van der Waals surface area contributed by atoms with Gasteiger partial charge in [-0.2, -0.15) is 0 Å². The van der Waals surface area contributed by atoms with Crippen molar-refractivity contribution in [3.63, 3.8) is 0 Å². The molecular formula is C42H55N5O16. The molecule has 2 aromatic rings. The van der Waals surface area contributed by atoms with Gasteiger partial charge in [-0.25, -0.2) is 0 Å². The number of ketones is 3. The van der Waals surface area contributed by atoms with Gasteiger partial charge < -0.3 is 71.9 Å². The summed E-state index contributed by atoms with van der Waals surface area (Å²) in [5.74, 6) is -7.61. The lowest BCUT2D eigenvalue weighted by Crippen LogP contribution is -2.61. The van der Waals surface area contributed by atoms with Crippen LogP contribution in [0.3, 0.4) is 0 Å².